The maximum atomic E-state index is 10.5. The van der Waals surface area contributed by atoms with Crippen molar-refractivity contribution in [1.82, 2.24) is 10.3 Å². The summed E-state index contributed by atoms with van der Waals surface area (Å²) in [6.45, 7) is 4.62. The van der Waals surface area contributed by atoms with E-state index in [1.54, 1.807) is 0 Å². The number of nitro groups is 1. The summed E-state index contributed by atoms with van der Waals surface area (Å²) < 4.78 is 0. The van der Waals surface area contributed by atoms with Crippen molar-refractivity contribution in [1.29, 1.82) is 0 Å². The zero-order valence-electron chi connectivity index (χ0n) is 9.57. The number of hydrogen-bond donors (Lipinski definition) is 2. The summed E-state index contributed by atoms with van der Waals surface area (Å²) in [4.78, 5) is 13.9. The lowest BCUT2D eigenvalue weighted by Crippen LogP contribution is -2.17. The molecule has 1 heterocycles. The quantitative estimate of drug-likeness (QED) is 0.445. The fourth-order valence-corrected chi connectivity index (χ4v) is 1.48. The minimum Gasteiger partial charge on any atom is -0.369 e. The van der Waals surface area contributed by atoms with Crippen molar-refractivity contribution in [2.75, 3.05) is 25.0 Å². The largest absolute Gasteiger partial charge is 0.369 e. The number of aromatic nitrogens is 1. The van der Waals surface area contributed by atoms with Crippen LogP contribution < -0.4 is 10.6 Å². The Morgan fingerprint density at radius 2 is 2.29 bits per heavy atom. The number of pyridine rings is 1. The second kappa shape index (κ2) is 7.03. The van der Waals surface area contributed by atoms with Crippen molar-refractivity contribution in [3.63, 3.8) is 0 Å². The van der Waals surface area contributed by atoms with Crippen LogP contribution >= 0.6 is 11.6 Å². The molecule has 0 saturated heterocycles. The normalized spacial score (nSPS) is 10.2. The van der Waals surface area contributed by atoms with Crippen LogP contribution in [0, 0.1) is 10.1 Å². The van der Waals surface area contributed by atoms with Gasteiger partial charge in [0.15, 0.2) is 0 Å². The van der Waals surface area contributed by atoms with Crippen LogP contribution in [0.1, 0.15) is 13.3 Å². The van der Waals surface area contributed by atoms with E-state index in [1.807, 2.05) is 6.92 Å². The molecule has 0 aliphatic rings. The molecule has 1 aromatic heterocycles. The zero-order chi connectivity index (χ0) is 12.7. The first-order valence-corrected chi connectivity index (χ1v) is 5.77. The average molecular weight is 259 g/mol. The molecule has 2 N–H and O–H groups in total. The fraction of sp³-hybridized carbons (Fsp3) is 0.500. The first-order valence-electron chi connectivity index (χ1n) is 5.39. The highest BCUT2D eigenvalue weighted by molar-refractivity contribution is 6.33. The number of halogens is 1. The van der Waals surface area contributed by atoms with E-state index < -0.39 is 4.92 Å². The molecule has 0 spiro atoms. The third kappa shape index (κ3) is 4.54. The Balaban J connectivity index is 2.46. The first-order chi connectivity index (χ1) is 8.15. The molecule has 0 bridgehead atoms. The molecule has 0 saturated carbocycles. The average Bonchev–Trinajstić information content (AvgIpc) is 2.30. The molecule has 94 valence electrons. The number of nitrogens with zero attached hydrogens (tertiary/aromatic N) is 2. The molecule has 1 rings (SSSR count). The topological polar surface area (TPSA) is 80.1 Å². The van der Waals surface area contributed by atoms with Crippen LogP contribution in [0.2, 0.25) is 5.02 Å². The van der Waals surface area contributed by atoms with Gasteiger partial charge in [-0.15, -0.1) is 0 Å². The van der Waals surface area contributed by atoms with E-state index >= 15 is 0 Å². The molecule has 17 heavy (non-hydrogen) atoms. The van der Waals surface area contributed by atoms with E-state index in [-0.39, 0.29) is 10.7 Å². The summed E-state index contributed by atoms with van der Waals surface area (Å²) in [7, 11) is 0. The number of nitrogens with one attached hydrogen (secondary N) is 2. The molecule has 0 unspecified atom stereocenters. The maximum Gasteiger partial charge on any atom is 0.289 e. The van der Waals surface area contributed by atoms with Gasteiger partial charge in [0.05, 0.1) is 9.95 Å². The van der Waals surface area contributed by atoms with Crippen LogP contribution in [0.5, 0.6) is 0 Å². The molecule has 7 heteroatoms. The smallest absolute Gasteiger partial charge is 0.289 e. The summed E-state index contributed by atoms with van der Waals surface area (Å²) in [5.41, 5.74) is -0.104. The Kier molecular flexibility index (Phi) is 5.65. The van der Waals surface area contributed by atoms with Gasteiger partial charge in [-0.2, -0.15) is 0 Å². The van der Waals surface area contributed by atoms with Crippen LogP contribution in [-0.4, -0.2) is 29.5 Å². The Hall–Kier alpha value is -1.40. The number of hydrogen-bond acceptors (Lipinski definition) is 5. The zero-order valence-corrected chi connectivity index (χ0v) is 10.3. The van der Waals surface area contributed by atoms with Gasteiger partial charge >= 0.3 is 0 Å². The fourth-order valence-electron chi connectivity index (χ4n) is 1.25. The van der Waals surface area contributed by atoms with Crippen molar-refractivity contribution in [3.8, 4) is 0 Å². The van der Waals surface area contributed by atoms with Gasteiger partial charge in [-0.1, -0.05) is 18.5 Å². The molecular weight excluding hydrogens is 244 g/mol. The minimum atomic E-state index is -0.520. The van der Waals surface area contributed by atoms with E-state index in [9.17, 15) is 10.1 Å². The summed E-state index contributed by atoms with van der Waals surface area (Å²) in [6.07, 6.45) is 2.13. The third-order valence-corrected chi connectivity index (χ3v) is 2.40. The van der Waals surface area contributed by atoms with Gasteiger partial charge in [0, 0.05) is 12.6 Å². The van der Waals surface area contributed by atoms with Crippen molar-refractivity contribution >= 4 is 23.1 Å². The lowest BCUT2D eigenvalue weighted by molar-refractivity contribution is -0.385. The first kappa shape index (κ1) is 13.7. The van der Waals surface area contributed by atoms with Crippen molar-refractivity contribution in [3.05, 3.63) is 27.4 Å². The Morgan fingerprint density at radius 1 is 1.53 bits per heavy atom. The van der Waals surface area contributed by atoms with Gasteiger partial charge in [0.25, 0.3) is 5.69 Å². The number of anilines is 1. The van der Waals surface area contributed by atoms with E-state index in [0.717, 1.165) is 26.1 Å². The van der Waals surface area contributed by atoms with E-state index in [2.05, 4.69) is 15.6 Å². The van der Waals surface area contributed by atoms with Crippen molar-refractivity contribution < 1.29 is 4.92 Å². The van der Waals surface area contributed by atoms with Crippen molar-refractivity contribution in [2.45, 2.75) is 13.3 Å². The molecule has 0 radical (unpaired) electrons. The highest BCUT2D eigenvalue weighted by Gasteiger charge is 2.10. The van der Waals surface area contributed by atoms with Crippen LogP contribution in [0.25, 0.3) is 0 Å². The molecule has 0 aliphatic heterocycles. The van der Waals surface area contributed by atoms with E-state index in [1.165, 1.54) is 12.3 Å². The van der Waals surface area contributed by atoms with E-state index in [4.69, 9.17) is 11.6 Å². The van der Waals surface area contributed by atoms with Gasteiger partial charge in [-0.05, 0) is 19.5 Å². The minimum absolute atomic E-state index is 0.104. The van der Waals surface area contributed by atoms with E-state index in [0.29, 0.717) is 5.82 Å². The maximum absolute atomic E-state index is 10.5. The summed E-state index contributed by atoms with van der Waals surface area (Å²) >= 11 is 5.87. The molecule has 0 aliphatic carbocycles. The molecular formula is C10H15ClN4O2. The second-order valence-corrected chi connectivity index (χ2v) is 3.82. The Morgan fingerprint density at radius 3 is 2.88 bits per heavy atom. The van der Waals surface area contributed by atoms with Gasteiger partial charge < -0.3 is 10.6 Å². The highest BCUT2D eigenvalue weighted by atomic mass is 35.5. The van der Waals surface area contributed by atoms with Gasteiger partial charge in [0.2, 0.25) is 0 Å². The second-order valence-electron chi connectivity index (χ2n) is 3.41. The standard InChI is InChI=1S/C10H15ClN4O2/c1-2-12-4-3-5-13-10-9(11)6-8(7-14-10)15(16)17/h6-7,12H,2-5H2,1H3,(H,13,14). The number of rotatable bonds is 7. The summed E-state index contributed by atoms with van der Waals surface area (Å²) in [5, 5.41) is 17.0. The molecule has 1 aromatic rings. The van der Waals surface area contributed by atoms with Crippen LogP contribution in [0.4, 0.5) is 11.5 Å². The predicted molar refractivity (Wildman–Crippen MR) is 67.6 cm³/mol. The molecule has 6 nitrogen and oxygen atoms in total. The van der Waals surface area contributed by atoms with Crippen LogP contribution in [0.3, 0.4) is 0 Å². The highest BCUT2D eigenvalue weighted by Crippen LogP contribution is 2.23. The Labute approximate surface area is 105 Å². The Bertz CT molecular complexity index is 387. The molecule has 0 amide bonds. The van der Waals surface area contributed by atoms with Gasteiger partial charge in [-0.3, -0.25) is 10.1 Å². The third-order valence-electron chi connectivity index (χ3n) is 2.11. The van der Waals surface area contributed by atoms with Gasteiger partial charge in [-0.25, -0.2) is 4.98 Å². The SMILES string of the molecule is CCNCCCNc1ncc([N+](=O)[O-])cc1Cl. The van der Waals surface area contributed by atoms with Gasteiger partial charge in [0.1, 0.15) is 12.0 Å². The van der Waals surface area contributed by atoms with Crippen LogP contribution in [-0.2, 0) is 0 Å². The lowest BCUT2D eigenvalue weighted by Gasteiger charge is -2.07. The summed E-state index contributed by atoms with van der Waals surface area (Å²) in [6, 6.07) is 1.29. The predicted octanol–water partition coefficient (Wildman–Crippen LogP) is 2.05. The summed E-state index contributed by atoms with van der Waals surface area (Å²) in [5.74, 6) is 0.480. The molecule has 0 aromatic carbocycles. The van der Waals surface area contributed by atoms with Crippen LogP contribution in [0.15, 0.2) is 12.3 Å². The monoisotopic (exact) mass is 258 g/mol. The lowest BCUT2D eigenvalue weighted by atomic mass is 10.4. The van der Waals surface area contributed by atoms with Crippen molar-refractivity contribution in [2.24, 2.45) is 0 Å². The molecule has 0 atom stereocenters. The molecule has 0 fully saturated rings.